The first-order valence-corrected chi connectivity index (χ1v) is 6.58. The number of ether oxygens (including phenoxy) is 3. The van der Waals surface area contributed by atoms with Gasteiger partial charge in [-0.25, -0.2) is 0 Å². The molecule has 0 aliphatic carbocycles. The van der Waals surface area contributed by atoms with E-state index in [0.717, 1.165) is 5.56 Å². The monoisotopic (exact) mass is 267 g/mol. The maximum absolute atomic E-state index is 6.14. The molecule has 2 atom stereocenters. The summed E-state index contributed by atoms with van der Waals surface area (Å²) in [7, 11) is 3.23. The zero-order valence-corrected chi connectivity index (χ0v) is 12.5. The molecule has 0 aliphatic rings. The summed E-state index contributed by atoms with van der Waals surface area (Å²) in [5, 5.41) is 0. The Labute approximate surface area is 115 Å². The van der Waals surface area contributed by atoms with Gasteiger partial charge in [-0.1, -0.05) is 19.9 Å². The van der Waals surface area contributed by atoms with Crippen LogP contribution >= 0.6 is 0 Å². The number of benzene rings is 1. The second-order valence-electron chi connectivity index (χ2n) is 5.00. The SMILES string of the molecule is COc1ccc(C(N)COC(C)C(C)C)cc1OC. The first-order valence-electron chi connectivity index (χ1n) is 6.58. The van der Waals surface area contributed by atoms with Crippen LogP contribution in [0.1, 0.15) is 32.4 Å². The van der Waals surface area contributed by atoms with E-state index in [1.807, 2.05) is 18.2 Å². The van der Waals surface area contributed by atoms with Gasteiger partial charge >= 0.3 is 0 Å². The molecule has 0 saturated carbocycles. The number of rotatable bonds is 7. The van der Waals surface area contributed by atoms with Crippen molar-refractivity contribution in [2.75, 3.05) is 20.8 Å². The molecule has 0 radical (unpaired) electrons. The summed E-state index contributed by atoms with van der Waals surface area (Å²) in [6.45, 7) is 6.82. The molecule has 0 fully saturated rings. The molecule has 0 heterocycles. The van der Waals surface area contributed by atoms with Crippen LogP contribution in [0.4, 0.5) is 0 Å². The second-order valence-corrected chi connectivity index (χ2v) is 5.00. The average Bonchev–Trinajstić information content (AvgIpc) is 2.43. The zero-order valence-electron chi connectivity index (χ0n) is 12.5. The van der Waals surface area contributed by atoms with Crippen molar-refractivity contribution in [2.45, 2.75) is 32.9 Å². The Bertz CT molecular complexity index is 393. The molecule has 108 valence electrons. The molecule has 1 aromatic rings. The van der Waals surface area contributed by atoms with Gasteiger partial charge in [0.05, 0.1) is 33.0 Å². The third-order valence-corrected chi connectivity index (χ3v) is 3.31. The minimum atomic E-state index is -0.166. The lowest BCUT2D eigenvalue weighted by molar-refractivity contribution is 0.0272. The van der Waals surface area contributed by atoms with Gasteiger partial charge in [-0.15, -0.1) is 0 Å². The molecule has 0 aromatic heterocycles. The van der Waals surface area contributed by atoms with Crippen LogP contribution in [-0.2, 0) is 4.74 Å². The van der Waals surface area contributed by atoms with E-state index in [1.165, 1.54) is 0 Å². The molecule has 4 heteroatoms. The summed E-state index contributed by atoms with van der Waals surface area (Å²) in [6, 6.07) is 5.53. The van der Waals surface area contributed by atoms with Crippen molar-refractivity contribution < 1.29 is 14.2 Å². The van der Waals surface area contributed by atoms with E-state index in [9.17, 15) is 0 Å². The van der Waals surface area contributed by atoms with Gasteiger partial charge in [0, 0.05) is 0 Å². The zero-order chi connectivity index (χ0) is 14.4. The minimum absolute atomic E-state index is 0.166. The Morgan fingerprint density at radius 3 is 2.21 bits per heavy atom. The third kappa shape index (κ3) is 4.40. The van der Waals surface area contributed by atoms with Crippen LogP contribution in [0.2, 0.25) is 0 Å². The number of hydrogen-bond donors (Lipinski definition) is 1. The van der Waals surface area contributed by atoms with Crippen LogP contribution in [0.15, 0.2) is 18.2 Å². The lowest BCUT2D eigenvalue weighted by atomic mass is 10.1. The highest BCUT2D eigenvalue weighted by Crippen LogP contribution is 2.29. The van der Waals surface area contributed by atoms with Crippen molar-refractivity contribution in [2.24, 2.45) is 11.7 Å². The van der Waals surface area contributed by atoms with Crippen LogP contribution in [0, 0.1) is 5.92 Å². The van der Waals surface area contributed by atoms with Gasteiger partial charge in [-0.2, -0.15) is 0 Å². The van der Waals surface area contributed by atoms with Crippen molar-refractivity contribution in [1.82, 2.24) is 0 Å². The lowest BCUT2D eigenvalue weighted by Gasteiger charge is -2.20. The second kappa shape index (κ2) is 7.36. The van der Waals surface area contributed by atoms with Gasteiger partial charge in [0.1, 0.15) is 0 Å². The Balaban J connectivity index is 2.69. The first-order chi connectivity index (χ1) is 8.99. The van der Waals surface area contributed by atoms with Crippen molar-refractivity contribution in [3.63, 3.8) is 0 Å². The van der Waals surface area contributed by atoms with E-state index >= 15 is 0 Å². The van der Waals surface area contributed by atoms with Gasteiger partial charge in [-0.3, -0.25) is 0 Å². The van der Waals surface area contributed by atoms with Gasteiger partial charge in [0.2, 0.25) is 0 Å². The van der Waals surface area contributed by atoms with Gasteiger partial charge in [0.25, 0.3) is 0 Å². The van der Waals surface area contributed by atoms with Crippen molar-refractivity contribution in [3.8, 4) is 11.5 Å². The van der Waals surface area contributed by atoms with Gasteiger partial charge < -0.3 is 19.9 Å². The fourth-order valence-corrected chi connectivity index (χ4v) is 1.63. The molecule has 19 heavy (non-hydrogen) atoms. The normalized spacial score (nSPS) is 14.3. The Kier molecular flexibility index (Phi) is 6.12. The largest absolute Gasteiger partial charge is 0.493 e. The summed E-state index contributed by atoms with van der Waals surface area (Å²) >= 11 is 0. The van der Waals surface area contributed by atoms with Crippen LogP contribution in [0.25, 0.3) is 0 Å². The highest BCUT2D eigenvalue weighted by atomic mass is 16.5. The van der Waals surface area contributed by atoms with Crippen molar-refractivity contribution in [1.29, 1.82) is 0 Å². The van der Waals surface area contributed by atoms with E-state index in [-0.39, 0.29) is 12.1 Å². The first kappa shape index (κ1) is 15.8. The number of nitrogens with two attached hydrogens (primary N) is 1. The Hall–Kier alpha value is -1.26. The summed E-state index contributed by atoms with van der Waals surface area (Å²) in [5.74, 6) is 1.87. The Morgan fingerprint density at radius 1 is 1.05 bits per heavy atom. The topological polar surface area (TPSA) is 53.7 Å². The van der Waals surface area contributed by atoms with Crippen LogP contribution < -0.4 is 15.2 Å². The third-order valence-electron chi connectivity index (χ3n) is 3.31. The molecule has 4 nitrogen and oxygen atoms in total. The van der Waals surface area contributed by atoms with Gasteiger partial charge in [0.15, 0.2) is 11.5 Å². The molecule has 2 unspecified atom stereocenters. The van der Waals surface area contributed by atoms with E-state index in [2.05, 4.69) is 20.8 Å². The fraction of sp³-hybridized carbons (Fsp3) is 0.600. The molecule has 1 aromatic carbocycles. The van der Waals surface area contributed by atoms with Crippen molar-refractivity contribution in [3.05, 3.63) is 23.8 Å². The summed E-state index contributed by atoms with van der Waals surface area (Å²) < 4.78 is 16.2. The predicted molar refractivity (Wildman–Crippen MR) is 76.7 cm³/mol. The molecular weight excluding hydrogens is 242 g/mol. The molecule has 0 saturated heterocycles. The van der Waals surface area contributed by atoms with E-state index < -0.39 is 0 Å². The van der Waals surface area contributed by atoms with Gasteiger partial charge in [-0.05, 0) is 30.5 Å². The fourth-order valence-electron chi connectivity index (χ4n) is 1.63. The standard InChI is InChI=1S/C15H25NO3/c1-10(2)11(3)19-9-13(16)12-6-7-14(17-4)15(8-12)18-5/h6-8,10-11,13H,9,16H2,1-5H3. The molecule has 0 amide bonds. The average molecular weight is 267 g/mol. The number of hydrogen-bond acceptors (Lipinski definition) is 4. The summed E-state index contributed by atoms with van der Waals surface area (Å²) in [5.41, 5.74) is 7.12. The number of methoxy groups -OCH3 is 2. The predicted octanol–water partition coefficient (Wildman–Crippen LogP) is 2.76. The maximum Gasteiger partial charge on any atom is 0.161 e. The smallest absolute Gasteiger partial charge is 0.161 e. The van der Waals surface area contributed by atoms with Crippen LogP contribution in [0.3, 0.4) is 0 Å². The molecule has 2 N–H and O–H groups in total. The van der Waals surface area contributed by atoms with E-state index in [1.54, 1.807) is 14.2 Å². The van der Waals surface area contributed by atoms with Crippen LogP contribution in [0.5, 0.6) is 11.5 Å². The van der Waals surface area contributed by atoms with E-state index in [4.69, 9.17) is 19.9 Å². The highest BCUT2D eigenvalue weighted by molar-refractivity contribution is 5.43. The summed E-state index contributed by atoms with van der Waals surface area (Å²) in [6.07, 6.45) is 0.200. The molecule has 0 spiro atoms. The quantitative estimate of drug-likeness (QED) is 0.825. The van der Waals surface area contributed by atoms with Crippen LogP contribution in [-0.4, -0.2) is 26.9 Å². The minimum Gasteiger partial charge on any atom is -0.493 e. The van der Waals surface area contributed by atoms with Crippen molar-refractivity contribution >= 4 is 0 Å². The molecule has 0 aliphatic heterocycles. The lowest BCUT2D eigenvalue weighted by Crippen LogP contribution is -2.23. The highest BCUT2D eigenvalue weighted by Gasteiger charge is 2.13. The summed E-state index contributed by atoms with van der Waals surface area (Å²) in [4.78, 5) is 0. The molecular formula is C15H25NO3. The Morgan fingerprint density at radius 2 is 1.68 bits per heavy atom. The van der Waals surface area contributed by atoms with E-state index in [0.29, 0.717) is 24.0 Å². The molecule has 1 rings (SSSR count). The molecule has 0 bridgehead atoms. The maximum atomic E-state index is 6.14.